The average molecular weight is 493 g/mol. The summed E-state index contributed by atoms with van der Waals surface area (Å²) < 4.78 is 12.5. The van der Waals surface area contributed by atoms with Crippen LogP contribution in [-0.2, 0) is 21.3 Å². The molecule has 3 aromatic carbocycles. The number of rotatable bonds is 10. The molecular weight excluding hydrogens is 464 g/mol. The number of aliphatic carboxylic acids is 1. The van der Waals surface area contributed by atoms with Gasteiger partial charge in [-0.2, -0.15) is 0 Å². The van der Waals surface area contributed by atoms with Crippen molar-refractivity contribution in [1.82, 2.24) is 10.2 Å². The van der Waals surface area contributed by atoms with E-state index in [-0.39, 0.29) is 18.1 Å². The van der Waals surface area contributed by atoms with Crippen molar-refractivity contribution < 1.29 is 23.7 Å². The van der Waals surface area contributed by atoms with E-state index in [0.717, 1.165) is 21.6 Å². The molecule has 0 spiro atoms. The standard InChI is InChI=1S/C27H28N2O5S/c1-2-16-29(25(30)23-15-9-14-22(17-23)21-12-7-4-8-13-21)27(33)28-24(26(31)32)19-35(34)18-20-10-5-3-6-11-20/h3-15,17,24H,2,16,18-19H2,1H3,(H,28,33)(H,31,32)/t24-,35?/m0/s1. The van der Waals surface area contributed by atoms with Crippen molar-refractivity contribution in [1.29, 1.82) is 0 Å². The van der Waals surface area contributed by atoms with Gasteiger partial charge in [-0.25, -0.2) is 9.59 Å². The second-order valence-electron chi connectivity index (χ2n) is 7.98. The Balaban J connectivity index is 1.73. The number of carbonyl (C=O) groups is 3. The summed E-state index contributed by atoms with van der Waals surface area (Å²) >= 11 is 0. The molecular formula is C27H28N2O5S. The lowest BCUT2D eigenvalue weighted by molar-refractivity contribution is -0.138. The van der Waals surface area contributed by atoms with E-state index in [1.807, 2.05) is 61.5 Å². The van der Waals surface area contributed by atoms with E-state index in [2.05, 4.69) is 5.32 Å². The first-order valence-corrected chi connectivity index (χ1v) is 12.8. The van der Waals surface area contributed by atoms with Gasteiger partial charge in [0, 0.05) is 28.7 Å². The highest BCUT2D eigenvalue weighted by Crippen LogP contribution is 2.21. The SMILES string of the molecule is CCCN(C(=O)N[C@@H](CS(=O)Cc1ccccc1)C(=O)O)C(=O)c1cccc(-c2ccccc2)c1. The summed E-state index contributed by atoms with van der Waals surface area (Å²) in [5, 5.41) is 12.0. The molecule has 0 aliphatic carbocycles. The summed E-state index contributed by atoms with van der Waals surface area (Å²) in [5.41, 5.74) is 2.88. The van der Waals surface area contributed by atoms with E-state index in [9.17, 15) is 23.7 Å². The van der Waals surface area contributed by atoms with Crippen LogP contribution >= 0.6 is 0 Å². The lowest BCUT2D eigenvalue weighted by Gasteiger charge is -2.23. The molecule has 2 N–H and O–H groups in total. The minimum Gasteiger partial charge on any atom is -0.480 e. The van der Waals surface area contributed by atoms with Gasteiger partial charge < -0.3 is 10.4 Å². The molecule has 0 aliphatic heterocycles. The fraction of sp³-hybridized carbons (Fsp3) is 0.222. The van der Waals surface area contributed by atoms with Crippen LogP contribution in [0.4, 0.5) is 4.79 Å². The zero-order valence-electron chi connectivity index (χ0n) is 19.4. The molecule has 0 radical (unpaired) electrons. The molecule has 0 bridgehead atoms. The first-order valence-electron chi connectivity index (χ1n) is 11.3. The molecule has 1 unspecified atom stereocenters. The molecule has 3 amide bonds. The van der Waals surface area contributed by atoms with Crippen LogP contribution in [0.2, 0.25) is 0 Å². The highest BCUT2D eigenvalue weighted by atomic mass is 32.2. The molecule has 0 fully saturated rings. The van der Waals surface area contributed by atoms with Gasteiger partial charge in [0.2, 0.25) is 0 Å². The fourth-order valence-electron chi connectivity index (χ4n) is 3.54. The maximum absolute atomic E-state index is 13.2. The second-order valence-corrected chi connectivity index (χ2v) is 9.48. The Morgan fingerprint density at radius 1 is 0.914 bits per heavy atom. The van der Waals surface area contributed by atoms with E-state index in [4.69, 9.17) is 0 Å². The molecule has 3 rings (SSSR count). The predicted octanol–water partition coefficient (Wildman–Crippen LogP) is 4.32. The molecule has 0 aromatic heterocycles. The molecule has 182 valence electrons. The van der Waals surface area contributed by atoms with Crippen LogP contribution < -0.4 is 5.32 Å². The first kappa shape index (κ1) is 25.8. The number of nitrogens with zero attached hydrogens (tertiary/aromatic N) is 1. The number of amides is 3. The largest absolute Gasteiger partial charge is 0.480 e. The van der Waals surface area contributed by atoms with E-state index >= 15 is 0 Å². The number of hydrogen-bond acceptors (Lipinski definition) is 4. The molecule has 3 aromatic rings. The third-order valence-electron chi connectivity index (χ3n) is 5.27. The lowest BCUT2D eigenvalue weighted by atomic mass is 10.0. The van der Waals surface area contributed by atoms with Crippen LogP contribution in [-0.4, -0.2) is 50.5 Å². The van der Waals surface area contributed by atoms with Gasteiger partial charge in [0.15, 0.2) is 0 Å². The number of benzene rings is 3. The lowest BCUT2D eigenvalue weighted by Crippen LogP contribution is -2.52. The average Bonchev–Trinajstić information content (AvgIpc) is 2.87. The van der Waals surface area contributed by atoms with Crippen molar-refractivity contribution in [2.75, 3.05) is 12.3 Å². The number of imide groups is 1. The van der Waals surface area contributed by atoms with E-state index < -0.39 is 34.7 Å². The van der Waals surface area contributed by atoms with E-state index in [1.165, 1.54) is 0 Å². The highest BCUT2D eigenvalue weighted by molar-refractivity contribution is 7.84. The Bertz CT molecular complexity index is 1180. The Morgan fingerprint density at radius 2 is 1.54 bits per heavy atom. The summed E-state index contributed by atoms with van der Waals surface area (Å²) in [6.45, 7) is 1.93. The number of hydrogen-bond donors (Lipinski definition) is 2. The van der Waals surface area contributed by atoms with Gasteiger partial charge in [0.1, 0.15) is 6.04 Å². The third kappa shape index (κ3) is 7.35. The first-order chi connectivity index (χ1) is 16.9. The zero-order chi connectivity index (χ0) is 25.2. The molecule has 35 heavy (non-hydrogen) atoms. The van der Waals surface area contributed by atoms with Crippen LogP contribution in [0, 0.1) is 0 Å². The summed E-state index contributed by atoms with van der Waals surface area (Å²) in [6, 6.07) is 23.3. The molecule has 2 atom stereocenters. The highest BCUT2D eigenvalue weighted by Gasteiger charge is 2.28. The Kier molecular flexibility index (Phi) is 9.31. The molecule has 0 heterocycles. The number of urea groups is 1. The van der Waals surface area contributed by atoms with Crippen molar-refractivity contribution in [2.24, 2.45) is 0 Å². The van der Waals surface area contributed by atoms with E-state index in [1.54, 1.807) is 30.3 Å². The van der Waals surface area contributed by atoms with Crippen LogP contribution in [0.15, 0.2) is 84.9 Å². The Morgan fingerprint density at radius 3 is 2.17 bits per heavy atom. The normalized spacial score (nSPS) is 12.4. The van der Waals surface area contributed by atoms with Crippen molar-refractivity contribution >= 4 is 28.7 Å². The summed E-state index contributed by atoms with van der Waals surface area (Å²) in [4.78, 5) is 39.0. The van der Waals surface area contributed by atoms with Gasteiger partial charge in [0.25, 0.3) is 5.91 Å². The number of carbonyl (C=O) groups excluding carboxylic acids is 2. The minimum absolute atomic E-state index is 0.111. The van der Waals surface area contributed by atoms with E-state index in [0.29, 0.717) is 12.0 Å². The van der Waals surface area contributed by atoms with Gasteiger partial charge in [-0.1, -0.05) is 79.7 Å². The second kappa shape index (κ2) is 12.6. The molecule has 8 heteroatoms. The topological polar surface area (TPSA) is 104 Å². The Labute approximate surface area is 207 Å². The zero-order valence-corrected chi connectivity index (χ0v) is 20.2. The third-order valence-corrected chi connectivity index (χ3v) is 6.63. The Hall–Kier alpha value is -3.78. The molecule has 0 aliphatic rings. The van der Waals surface area contributed by atoms with Gasteiger partial charge in [-0.3, -0.25) is 13.9 Å². The van der Waals surface area contributed by atoms with Gasteiger partial charge in [-0.15, -0.1) is 0 Å². The number of nitrogens with one attached hydrogen (secondary N) is 1. The number of carboxylic acids is 1. The monoisotopic (exact) mass is 492 g/mol. The fourth-order valence-corrected chi connectivity index (χ4v) is 4.82. The van der Waals surface area contributed by atoms with Gasteiger partial charge in [-0.05, 0) is 35.2 Å². The molecule has 7 nitrogen and oxygen atoms in total. The maximum atomic E-state index is 13.2. The van der Waals surface area contributed by atoms with Crippen molar-refractivity contribution in [3.8, 4) is 11.1 Å². The van der Waals surface area contributed by atoms with Crippen LogP contribution in [0.1, 0.15) is 29.3 Å². The summed E-state index contributed by atoms with van der Waals surface area (Å²) in [5.74, 6) is -1.94. The smallest absolute Gasteiger partial charge is 0.327 e. The van der Waals surface area contributed by atoms with Crippen LogP contribution in [0.5, 0.6) is 0 Å². The number of carboxylic acid groups (broad SMARTS) is 1. The van der Waals surface area contributed by atoms with Crippen LogP contribution in [0.3, 0.4) is 0 Å². The predicted molar refractivity (Wildman–Crippen MR) is 136 cm³/mol. The maximum Gasteiger partial charge on any atom is 0.327 e. The van der Waals surface area contributed by atoms with Gasteiger partial charge in [0.05, 0.1) is 5.75 Å². The molecule has 0 saturated carbocycles. The van der Waals surface area contributed by atoms with Crippen LogP contribution in [0.25, 0.3) is 11.1 Å². The van der Waals surface area contributed by atoms with Gasteiger partial charge >= 0.3 is 12.0 Å². The quantitative estimate of drug-likeness (QED) is 0.439. The summed E-state index contributed by atoms with van der Waals surface area (Å²) in [7, 11) is -1.53. The summed E-state index contributed by atoms with van der Waals surface area (Å²) in [6.07, 6.45) is 0.495. The van der Waals surface area contributed by atoms with Crippen molar-refractivity contribution in [3.05, 3.63) is 96.1 Å². The molecule has 0 saturated heterocycles. The van der Waals surface area contributed by atoms with Crippen molar-refractivity contribution in [2.45, 2.75) is 25.1 Å². The minimum atomic E-state index is -1.53. The van der Waals surface area contributed by atoms with Crippen molar-refractivity contribution in [3.63, 3.8) is 0 Å².